The molecule has 1 aromatic rings. The molecular weight excluding hydrogens is 318 g/mol. The summed E-state index contributed by atoms with van der Waals surface area (Å²) in [6, 6.07) is 0.298. The number of hydrogen-bond donors (Lipinski definition) is 2. The lowest BCUT2D eigenvalue weighted by Crippen LogP contribution is -2.50. The van der Waals surface area contributed by atoms with Gasteiger partial charge in [0, 0.05) is 19.0 Å². The number of carbonyl (C=O) groups excluding carboxylic acids is 1. The first-order valence-electron chi connectivity index (χ1n) is 9.63. The summed E-state index contributed by atoms with van der Waals surface area (Å²) in [6.45, 7) is 3.72. The van der Waals surface area contributed by atoms with E-state index in [0.29, 0.717) is 17.8 Å². The molecule has 1 saturated carbocycles. The van der Waals surface area contributed by atoms with Crippen LogP contribution in [0.3, 0.4) is 0 Å². The van der Waals surface area contributed by atoms with Crippen molar-refractivity contribution in [3.8, 4) is 0 Å². The van der Waals surface area contributed by atoms with Gasteiger partial charge in [0.05, 0.1) is 6.04 Å². The Hall–Kier alpha value is -1.47. The Morgan fingerprint density at radius 3 is 2.48 bits per heavy atom. The van der Waals surface area contributed by atoms with Crippen LogP contribution in [0.25, 0.3) is 0 Å². The Morgan fingerprint density at radius 1 is 1.20 bits per heavy atom. The lowest BCUT2D eigenvalue weighted by molar-refractivity contribution is -0.127. The maximum atomic E-state index is 12.6. The SMILES string of the molecule is C[C@H](C(=O)NC1CCCCC1)N1CCC(c2nnc(CO)n2C)CC1. The molecule has 2 fully saturated rings. The van der Waals surface area contributed by atoms with Crippen LogP contribution in [-0.2, 0) is 18.4 Å². The fraction of sp³-hybridized carbons (Fsp3) is 0.833. The highest BCUT2D eigenvalue weighted by atomic mass is 16.3. The van der Waals surface area contributed by atoms with Crippen molar-refractivity contribution >= 4 is 5.91 Å². The van der Waals surface area contributed by atoms with Crippen molar-refractivity contribution in [2.45, 2.75) is 76.5 Å². The van der Waals surface area contributed by atoms with Crippen LogP contribution >= 0.6 is 0 Å². The van der Waals surface area contributed by atoms with E-state index in [1.54, 1.807) is 0 Å². The van der Waals surface area contributed by atoms with Crippen molar-refractivity contribution in [1.82, 2.24) is 25.0 Å². The molecule has 1 aliphatic carbocycles. The Balaban J connectivity index is 1.50. The van der Waals surface area contributed by atoms with Gasteiger partial charge in [-0.3, -0.25) is 9.69 Å². The Kier molecular flexibility index (Phi) is 6.06. The number of likely N-dealkylation sites (tertiary alicyclic amines) is 1. The molecule has 0 bridgehead atoms. The molecule has 140 valence electrons. The van der Waals surface area contributed by atoms with Crippen LogP contribution in [0.5, 0.6) is 0 Å². The van der Waals surface area contributed by atoms with Crippen molar-refractivity contribution in [2.75, 3.05) is 13.1 Å². The first kappa shape index (κ1) is 18.3. The van der Waals surface area contributed by atoms with Gasteiger partial charge >= 0.3 is 0 Å². The summed E-state index contributed by atoms with van der Waals surface area (Å²) < 4.78 is 1.90. The molecule has 2 N–H and O–H groups in total. The Morgan fingerprint density at radius 2 is 1.88 bits per heavy atom. The number of aromatic nitrogens is 3. The number of aliphatic hydroxyl groups is 1. The lowest BCUT2D eigenvalue weighted by atomic mass is 9.94. The molecular formula is C18H31N5O2. The highest BCUT2D eigenvalue weighted by Gasteiger charge is 2.30. The summed E-state index contributed by atoms with van der Waals surface area (Å²) in [4.78, 5) is 14.8. The fourth-order valence-electron chi connectivity index (χ4n) is 4.15. The van der Waals surface area contributed by atoms with E-state index in [-0.39, 0.29) is 18.6 Å². The first-order chi connectivity index (χ1) is 12.1. The number of nitrogens with zero attached hydrogens (tertiary/aromatic N) is 4. The van der Waals surface area contributed by atoms with Crippen LogP contribution in [0, 0.1) is 0 Å². The zero-order chi connectivity index (χ0) is 17.8. The first-order valence-corrected chi connectivity index (χ1v) is 9.63. The number of rotatable bonds is 5. The van der Waals surface area contributed by atoms with Gasteiger partial charge in [-0.1, -0.05) is 19.3 Å². The molecule has 1 amide bonds. The zero-order valence-electron chi connectivity index (χ0n) is 15.4. The Labute approximate surface area is 149 Å². The van der Waals surface area contributed by atoms with Gasteiger partial charge < -0.3 is 15.0 Å². The maximum absolute atomic E-state index is 12.6. The molecule has 1 atom stereocenters. The number of carbonyl (C=O) groups is 1. The van der Waals surface area contributed by atoms with Crippen molar-refractivity contribution in [3.05, 3.63) is 11.6 Å². The summed E-state index contributed by atoms with van der Waals surface area (Å²) in [5, 5.41) is 20.8. The van der Waals surface area contributed by atoms with Crippen LogP contribution < -0.4 is 5.32 Å². The average molecular weight is 349 g/mol. The normalized spacial score (nSPS) is 22.0. The van der Waals surface area contributed by atoms with Gasteiger partial charge in [-0.25, -0.2) is 0 Å². The smallest absolute Gasteiger partial charge is 0.237 e. The van der Waals surface area contributed by atoms with Crippen LogP contribution in [0.2, 0.25) is 0 Å². The van der Waals surface area contributed by atoms with E-state index in [4.69, 9.17) is 0 Å². The highest BCUT2D eigenvalue weighted by Crippen LogP contribution is 2.28. The summed E-state index contributed by atoms with van der Waals surface area (Å²) in [6.07, 6.45) is 7.96. The summed E-state index contributed by atoms with van der Waals surface area (Å²) >= 11 is 0. The molecule has 25 heavy (non-hydrogen) atoms. The topological polar surface area (TPSA) is 83.3 Å². The van der Waals surface area contributed by atoms with Gasteiger partial charge in [-0.15, -0.1) is 10.2 Å². The second-order valence-electron chi connectivity index (χ2n) is 7.52. The summed E-state index contributed by atoms with van der Waals surface area (Å²) in [7, 11) is 1.91. The third-order valence-electron chi connectivity index (χ3n) is 5.91. The molecule has 1 aromatic heterocycles. The largest absolute Gasteiger partial charge is 0.388 e. The van der Waals surface area contributed by atoms with E-state index in [1.165, 1.54) is 19.3 Å². The third kappa shape index (κ3) is 4.20. The molecule has 7 nitrogen and oxygen atoms in total. The predicted octanol–water partition coefficient (Wildman–Crippen LogP) is 1.32. The number of piperidine rings is 1. The average Bonchev–Trinajstić information content (AvgIpc) is 3.02. The van der Waals surface area contributed by atoms with Gasteiger partial charge in [0.25, 0.3) is 0 Å². The van der Waals surface area contributed by atoms with Crippen molar-refractivity contribution in [2.24, 2.45) is 7.05 Å². The number of amides is 1. The molecule has 7 heteroatoms. The molecule has 0 radical (unpaired) electrons. The second kappa shape index (κ2) is 8.27. The summed E-state index contributed by atoms with van der Waals surface area (Å²) in [5.74, 6) is 2.08. The molecule has 0 unspecified atom stereocenters. The van der Waals surface area contributed by atoms with Gasteiger partial charge in [0.1, 0.15) is 12.4 Å². The van der Waals surface area contributed by atoms with Crippen molar-refractivity contribution < 1.29 is 9.90 Å². The molecule has 0 spiro atoms. The van der Waals surface area contributed by atoms with E-state index < -0.39 is 0 Å². The van der Waals surface area contributed by atoms with E-state index in [2.05, 4.69) is 20.4 Å². The van der Waals surface area contributed by atoms with Gasteiger partial charge in [0.2, 0.25) is 5.91 Å². The van der Waals surface area contributed by atoms with Crippen molar-refractivity contribution in [3.63, 3.8) is 0 Å². The lowest BCUT2D eigenvalue weighted by Gasteiger charge is -2.35. The minimum atomic E-state index is -0.0826. The quantitative estimate of drug-likeness (QED) is 0.838. The minimum Gasteiger partial charge on any atom is -0.388 e. The van der Waals surface area contributed by atoms with Gasteiger partial charge in [-0.05, 0) is 45.7 Å². The Bertz CT molecular complexity index is 574. The predicted molar refractivity (Wildman–Crippen MR) is 95.0 cm³/mol. The molecule has 3 rings (SSSR count). The van der Waals surface area contributed by atoms with Gasteiger partial charge in [-0.2, -0.15) is 0 Å². The molecule has 0 aromatic carbocycles. The fourth-order valence-corrected chi connectivity index (χ4v) is 4.15. The van der Waals surface area contributed by atoms with E-state index >= 15 is 0 Å². The van der Waals surface area contributed by atoms with E-state index in [9.17, 15) is 9.90 Å². The van der Waals surface area contributed by atoms with Crippen molar-refractivity contribution in [1.29, 1.82) is 0 Å². The van der Waals surface area contributed by atoms with Gasteiger partial charge in [0.15, 0.2) is 5.82 Å². The van der Waals surface area contributed by atoms with Crippen LogP contribution in [0.1, 0.15) is 69.4 Å². The van der Waals surface area contributed by atoms with E-state index in [0.717, 1.165) is 44.6 Å². The summed E-state index contributed by atoms with van der Waals surface area (Å²) in [5.41, 5.74) is 0. The second-order valence-corrected chi connectivity index (χ2v) is 7.52. The standard InChI is InChI=1S/C18H31N5O2/c1-13(18(25)19-15-6-4-3-5-7-15)23-10-8-14(9-11-23)17-21-20-16(12-24)22(17)2/h13-15,24H,3-12H2,1-2H3,(H,19,25)/t13-/m1/s1. The highest BCUT2D eigenvalue weighted by molar-refractivity contribution is 5.81. The minimum absolute atomic E-state index is 0.0737. The maximum Gasteiger partial charge on any atom is 0.237 e. The molecule has 2 heterocycles. The van der Waals surface area contributed by atoms with Crippen LogP contribution in [-0.4, -0.2) is 55.9 Å². The molecule has 2 aliphatic rings. The van der Waals surface area contributed by atoms with Crippen LogP contribution in [0.4, 0.5) is 0 Å². The molecule has 1 saturated heterocycles. The third-order valence-corrected chi connectivity index (χ3v) is 5.91. The van der Waals surface area contributed by atoms with E-state index in [1.807, 2.05) is 18.5 Å². The van der Waals surface area contributed by atoms with Crippen LogP contribution in [0.15, 0.2) is 0 Å². The number of nitrogens with one attached hydrogen (secondary N) is 1. The number of hydrogen-bond acceptors (Lipinski definition) is 5. The number of aliphatic hydroxyl groups excluding tert-OH is 1. The monoisotopic (exact) mass is 349 g/mol. The zero-order valence-corrected chi connectivity index (χ0v) is 15.4. The molecule has 1 aliphatic heterocycles.